The Morgan fingerprint density at radius 3 is 2.44 bits per heavy atom. The third-order valence-electron chi connectivity index (χ3n) is 2.73. The second-order valence-corrected chi connectivity index (χ2v) is 3.95. The topological polar surface area (TPSA) is 34.9 Å². The van der Waals surface area contributed by atoms with E-state index in [1.807, 2.05) is 13.0 Å². The lowest BCUT2D eigenvalue weighted by Gasteiger charge is -2.06. The van der Waals surface area contributed by atoms with E-state index in [2.05, 4.69) is 31.1 Å². The molecular weight excluding hydrogens is 200 g/mol. The smallest absolute Gasteiger partial charge is 0.255 e. The van der Waals surface area contributed by atoms with Gasteiger partial charge in [0.2, 0.25) is 0 Å². The summed E-state index contributed by atoms with van der Waals surface area (Å²) < 4.78 is 1.76. The molecule has 16 heavy (non-hydrogen) atoms. The van der Waals surface area contributed by atoms with Gasteiger partial charge >= 0.3 is 0 Å². The molecule has 0 fully saturated rings. The van der Waals surface area contributed by atoms with Crippen molar-refractivity contribution in [3.05, 3.63) is 46.8 Å². The van der Waals surface area contributed by atoms with E-state index in [-0.39, 0.29) is 0 Å². The van der Waals surface area contributed by atoms with Crippen LogP contribution in [0.2, 0.25) is 0 Å². The Morgan fingerprint density at radius 1 is 1.12 bits per heavy atom. The van der Waals surface area contributed by atoms with Crippen molar-refractivity contribution in [3.8, 4) is 5.69 Å². The fourth-order valence-electron chi connectivity index (χ4n) is 1.64. The summed E-state index contributed by atoms with van der Waals surface area (Å²) in [6.45, 7) is 6.05. The summed E-state index contributed by atoms with van der Waals surface area (Å²) in [7, 11) is 0. The van der Waals surface area contributed by atoms with Crippen molar-refractivity contribution in [1.29, 1.82) is 0 Å². The van der Waals surface area contributed by atoms with Crippen LogP contribution >= 0.6 is 0 Å². The molecule has 3 heteroatoms. The molecule has 2 aromatic rings. The second kappa shape index (κ2) is 3.93. The van der Waals surface area contributed by atoms with Gasteiger partial charge in [-0.3, -0.25) is 4.79 Å². The van der Waals surface area contributed by atoms with Crippen molar-refractivity contribution in [2.24, 2.45) is 0 Å². The Kier molecular flexibility index (Phi) is 2.60. The molecule has 0 atom stereocenters. The van der Waals surface area contributed by atoms with Crippen LogP contribution in [0.4, 0.5) is 0 Å². The lowest BCUT2D eigenvalue weighted by Crippen LogP contribution is -2.00. The Bertz CT molecular complexity index is 541. The van der Waals surface area contributed by atoms with Crippen LogP contribution < -0.4 is 0 Å². The molecule has 3 nitrogen and oxygen atoms in total. The number of aromatic nitrogens is 2. The fourth-order valence-corrected chi connectivity index (χ4v) is 1.64. The van der Waals surface area contributed by atoms with E-state index in [9.17, 15) is 4.79 Å². The maximum atomic E-state index is 10.5. The van der Waals surface area contributed by atoms with Gasteiger partial charge in [0.25, 0.3) is 6.29 Å². The van der Waals surface area contributed by atoms with Crippen LogP contribution in [0.3, 0.4) is 0 Å². The summed E-state index contributed by atoms with van der Waals surface area (Å²) in [5, 5.41) is 4.16. The molecule has 0 spiro atoms. The molecule has 0 saturated heterocycles. The van der Waals surface area contributed by atoms with E-state index in [4.69, 9.17) is 0 Å². The molecule has 0 aliphatic carbocycles. The minimum absolute atomic E-state index is 0.343. The molecule has 1 radical (unpaired) electrons. The van der Waals surface area contributed by atoms with Crippen molar-refractivity contribution < 1.29 is 4.79 Å². The molecule has 0 aliphatic heterocycles. The minimum atomic E-state index is 0.343. The van der Waals surface area contributed by atoms with Gasteiger partial charge in [0.05, 0.1) is 5.69 Å². The van der Waals surface area contributed by atoms with E-state index in [1.54, 1.807) is 17.0 Å². The predicted octanol–water partition coefficient (Wildman–Crippen LogP) is 2.26. The standard InChI is InChI=1S/C13H13N2O/c1-9-4-5-13(6-10(9)2)15-11(3)7-12(8-16)14-15/h4-7H,1-3H3. The highest BCUT2D eigenvalue weighted by molar-refractivity contribution is 5.72. The average molecular weight is 213 g/mol. The molecule has 0 amide bonds. The Labute approximate surface area is 94.7 Å². The first-order chi connectivity index (χ1) is 7.61. The summed E-state index contributed by atoms with van der Waals surface area (Å²) in [5.74, 6) is 0. The van der Waals surface area contributed by atoms with Crippen molar-refractivity contribution in [3.63, 3.8) is 0 Å². The maximum absolute atomic E-state index is 10.5. The predicted molar refractivity (Wildman–Crippen MR) is 62.6 cm³/mol. The van der Waals surface area contributed by atoms with E-state index in [0.717, 1.165) is 11.4 Å². The normalized spacial score (nSPS) is 10.4. The SMILES string of the molecule is Cc1ccc(-n2nc([C]=O)cc2C)cc1C. The van der Waals surface area contributed by atoms with Gasteiger partial charge in [-0.05, 0) is 50.1 Å². The van der Waals surface area contributed by atoms with Gasteiger partial charge in [-0.15, -0.1) is 0 Å². The van der Waals surface area contributed by atoms with Gasteiger partial charge in [-0.25, -0.2) is 4.68 Å². The molecule has 1 heterocycles. The number of rotatable bonds is 2. The molecule has 0 unspecified atom stereocenters. The maximum Gasteiger partial charge on any atom is 0.255 e. The average Bonchev–Trinajstić information content (AvgIpc) is 2.64. The summed E-state index contributed by atoms with van der Waals surface area (Å²) in [5.41, 5.74) is 4.71. The summed E-state index contributed by atoms with van der Waals surface area (Å²) in [6.07, 6.45) is 1.80. The van der Waals surface area contributed by atoms with Crippen LogP contribution in [0.5, 0.6) is 0 Å². The number of benzene rings is 1. The highest BCUT2D eigenvalue weighted by atomic mass is 16.1. The highest BCUT2D eigenvalue weighted by Crippen LogP contribution is 2.15. The zero-order chi connectivity index (χ0) is 11.7. The first-order valence-corrected chi connectivity index (χ1v) is 5.14. The van der Waals surface area contributed by atoms with Gasteiger partial charge in [-0.1, -0.05) is 6.07 Å². The van der Waals surface area contributed by atoms with Gasteiger partial charge < -0.3 is 0 Å². The molecule has 0 saturated carbocycles. The molecule has 1 aromatic heterocycles. The van der Waals surface area contributed by atoms with Crippen LogP contribution in [-0.4, -0.2) is 16.1 Å². The van der Waals surface area contributed by atoms with Gasteiger partial charge in [-0.2, -0.15) is 5.10 Å². The molecular formula is C13H13N2O. The first-order valence-electron chi connectivity index (χ1n) is 5.14. The van der Waals surface area contributed by atoms with Crippen LogP contribution in [0, 0.1) is 20.8 Å². The fraction of sp³-hybridized carbons (Fsp3) is 0.231. The van der Waals surface area contributed by atoms with Crippen LogP contribution in [-0.2, 0) is 4.79 Å². The zero-order valence-electron chi connectivity index (χ0n) is 9.61. The number of carbonyl (C=O) groups excluding carboxylic acids is 1. The molecule has 0 N–H and O–H groups in total. The number of aryl methyl sites for hydroxylation is 3. The largest absolute Gasteiger partial charge is 0.283 e. The molecule has 0 aliphatic rings. The summed E-state index contributed by atoms with van der Waals surface area (Å²) in [6, 6.07) is 7.83. The van der Waals surface area contributed by atoms with Crippen molar-refractivity contribution in [1.82, 2.24) is 9.78 Å². The minimum Gasteiger partial charge on any atom is -0.283 e. The number of hydrogen-bond donors (Lipinski definition) is 0. The second-order valence-electron chi connectivity index (χ2n) is 3.95. The quantitative estimate of drug-likeness (QED) is 0.767. The van der Waals surface area contributed by atoms with E-state index in [0.29, 0.717) is 5.69 Å². The number of hydrogen-bond acceptors (Lipinski definition) is 2. The first kappa shape index (κ1) is 10.6. The molecule has 81 valence electrons. The third-order valence-corrected chi connectivity index (χ3v) is 2.73. The van der Waals surface area contributed by atoms with Gasteiger partial charge in [0, 0.05) is 5.69 Å². The van der Waals surface area contributed by atoms with E-state index in [1.165, 1.54) is 11.1 Å². The zero-order valence-corrected chi connectivity index (χ0v) is 9.61. The van der Waals surface area contributed by atoms with E-state index >= 15 is 0 Å². The lowest BCUT2D eigenvalue weighted by atomic mass is 10.1. The van der Waals surface area contributed by atoms with Gasteiger partial charge in [0.1, 0.15) is 5.69 Å². The Morgan fingerprint density at radius 2 is 1.88 bits per heavy atom. The monoisotopic (exact) mass is 213 g/mol. The third kappa shape index (κ3) is 1.76. The number of nitrogens with zero attached hydrogens (tertiary/aromatic N) is 2. The van der Waals surface area contributed by atoms with Crippen molar-refractivity contribution in [2.75, 3.05) is 0 Å². The summed E-state index contributed by atoms with van der Waals surface area (Å²) in [4.78, 5) is 10.5. The highest BCUT2D eigenvalue weighted by Gasteiger charge is 2.06. The lowest BCUT2D eigenvalue weighted by molar-refractivity contribution is 0.561. The van der Waals surface area contributed by atoms with Crippen LogP contribution in [0.1, 0.15) is 22.5 Å². The van der Waals surface area contributed by atoms with Crippen molar-refractivity contribution >= 4 is 6.29 Å². The van der Waals surface area contributed by atoms with Crippen LogP contribution in [0.15, 0.2) is 24.3 Å². The molecule has 0 bridgehead atoms. The van der Waals surface area contributed by atoms with E-state index < -0.39 is 0 Å². The molecule has 1 aromatic carbocycles. The molecule has 2 rings (SSSR count). The van der Waals surface area contributed by atoms with Gasteiger partial charge in [0.15, 0.2) is 0 Å². The Balaban J connectivity index is 2.53. The van der Waals surface area contributed by atoms with Crippen molar-refractivity contribution in [2.45, 2.75) is 20.8 Å². The Hall–Kier alpha value is -1.90. The summed E-state index contributed by atoms with van der Waals surface area (Å²) >= 11 is 0. The van der Waals surface area contributed by atoms with Crippen LogP contribution in [0.25, 0.3) is 5.69 Å².